The lowest BCUT2D eigenvalue weighted by Gasteiger charge is -2.15. The van der Waals surface area contributed by atoms with E-state index >= 15 is 0 Å². The Labute approximate surface area is 151 Å². The molecule has 0 atom stereocenters. The molecule has 1 fully saturated rings. The molecule has 0 N–H and O–H groups in total. The number of hydrogen-bond donors (Lipinski definition) is 0. The zero-order chi connectivity index (χ0) is 15.7. The van der Waals surface area contributed by atoms with Crippen molar-refractivity contribution < 1.29 is 4.79 Å². The van der Waals surface area contributed by atoms with Gasteiger partial charge in [-0.3, -0.25) is 9.69 Å². The Kier molecular flexibility index (Phi) is 4.68. The third-order valence-corrected chi connectivity index (χ3v) is 5.21. The fourth-order valence-electron chi connectivity index (χ4n) is 2.02. The molecular formula is C16H9BrClNOS2. The Balaban J connectivity index is 1.95. The van der Waals surface area contributed by atoms with E-state index in [1.165, 1.54) is 16.7 Å². The zero-order valence-electron chi connectivity index (χ0n) is 11.1. The van der Waals surface area contributed by atoms with Gasteiger partial charge >= 0.3 is 0 Å². The first kappa shape index (κ1) is 15.7. The maximum atomic E-state index is 12.6. The molecule has 0 aromatic heterocycles. The molecule has 1 aliphatic rings. The summed E-state index contributed by atoms with van der Waals surface area (Å²) < 4.78 is 1.48. The zero-order valence-corrected chi connectivity index (χ0v) is 15.1. The summed E-state index contributed by atoms with van der Waals surface area (Å²) in [5.74, 6) is -0.147. The summed E-state index contributed by atoms with van der Waals surface area (Å²) in [5.41, 5.74) is 1.56. The summed E-state index contributed by atoms with van der Waals surface area (Å²) in [4.78, 5) is 14.7. The van der Waals surface area contributed by atoms with Gasteiger partial charge in [0.25, 0.3) is 5.91 Å². The summed E-state index contributed by atoms with van der Waals surface area (Å²) in [6.07, 6.45) is 1.84. The predicted molar refractivity (Wildman–Crippen MR) is 101 cm³/mol. The van der Waals surface area contributed by atoms with Crippen LogP contribution in [-0.2, 0) is 4.79 Å². The van der Waals surface area contributed by atoms with Crippen LogP contribution in [0.15, 0.2) is 57.9 Å². The molecule has 0 saturated carbocycles. The summed E-state index contributed by atoms with van der Waals surface area (Å²) in [5, 5.41) is 0.503. The van der Waals surface area contributed by atoms with Crippen molar-refractivity contribution in [1.29, 1.82) is 0 Å². The van der Waals surface area contributed by atoms with Crippen molar-refractivity contribution in [3.8, 4) is 0 Å². The van der Waals surface area contributed by atoms with Crippen molar-refractivity contribution in [3.63, 3.8) is 0 Å². The summed E-state index contributed by atoms with van der Waals surface area (Å²) in [6, 6.07) is 14.9. The highest BCUT2D eigenvalue weighted by molar-refractivity contribution is 9.10. The molecule has 1 amide bonds. The van der Waals surface area contributed by atoms with Crippen molar-refractivity contribution in [1.82, 2.24) is 0 Å². The molecule has 0 bridgehead atoms. The SMILES string of the molecule is O=C1/C(=C\c2ccc(Br)cc2)SC(=S)N1c1ccccc1Cl. The minimum Gasteiger partial charge on any atom is -0.268 e. The van der Waals surface area contributed by atoms with Gasteiger partial charge in [-0.05, 0) is 35.9 Å². The van der Waals surface area contributed by atoms with Gasteiger partial charge in [0.2, 0.25) is 0 Å². The van der Waals surface area contributed by atoms with Crippen LogP contribution in [0.25, 0.3) is 6.08 Å². The molecule has 1 aliphatic heterocycles. The highest BCUT2D eigenvalue weighted by Crippen LogP contribution is 2.38. The number of benzene rings is 2. The van der Waals surface area contributed by atoms with Crippen molar-refractivity contribution in [2.45, 2.75) is 0 Å². The number of hydrogen-bond acceptors (Lipinski definition) is 3. The molecule has 3 rings (SSSR count). The third kappa shape index (κ3) is 3.13. The van der Waals surface area contributed by atoms with Crippen LogP contribution in [0, 0.1) is 0 Å². The quantitative estimate of drug-likeness (QED) is 0.481. The van der Waals surface area contributed by atoms with Gasteiger partial charge in [-0.1, -0.05) is 75.8 Å². The van der Waals surface area contributed by atoms with Gasteiger partial charge < -0.3 is 0 Å². The number of carbonyl (C=O) groups excluding carboxylic acids is 1. The van der Waals surface area contributed by atoms with Crippen LogP contribution in [0.5, 0.6) is 0 Å². The summed E-state index contributed by atoms with van der Waals surface area (Å²) in [7, 11) is 0. The maximum Gasteiger partial charge on any atom is 0.270 e. The van der Waals surface area contributed by atoms with Crippen molar-refractivity contribution in [3.05, 3.63) is 68.5 Å². The second kappa shape index (κ2) is 6.54. The molecule has 2 aromatic rings. The normalized spacial score (nSPS) is 16.6. The van der Waals surface area contributed by atoms with Crippen LogP contribution in [0.4, 0.5) is 5.69 Å². The van der Waals surface area contributed by atoms with E-state index in [0.29, 0.717) is 19.9 Å². The Morgan fingerprint density at radius 2 is 1.82 bits per heavy atom. The largest absolute Gasteiger partial charge is 0.270 e. The lowest BCUT2D eigenvalue weighted by Crippen LogP contribution is -2.27. The molecule has 6 heteroatoms. The van der Waals surface area contributed by atoms with Crippen molar-refractivity contribution in [2.24, 2.45) is 0 Å². The molecular weight excluding hydrogens is 402 g/mol. The van der Waals surface area contributed by atoms with Crippen LogP contribution in [0.3, 0.4) is 0 Å². The number of rotatable bonds is 2. The van der Waals surface area contributed by atoms with E-state index in [9.17, 15) is 4.79 Å². The minimum atomic E-state index is -0.147. The highest BCUT2D eigenvalue weighted by atomic mass is 79.9. The molecule has 2 nitrogen and oxygen atoms in total. The Morgan fingerprint density at radius 1 is 1.14 bits per heavy atom. The number of halogens is 2. The predicted octanol–water partition coefficient (Wildman–Crippen LogP) is 5.51. The first-order valence-corrected chi connectivity index (χ1v) is 8.74. The first-order valence-electron chi connectivity index (χ1n) is 6.34. The highest BCUT2D eigenvalue weighted by Gasteiger charge is 2.34. The lowest BCUT2D eigenvalue weighted by molar-refractivity contribution is -0.113. The van der Waals surface area contributed by atoms with Crippen LogP contribution in [0.1, 0.15) is 5.56 Å². The molecule has 110 valence electrons. The van der Waals surface area contributed by atoms with Gasteiger partial charge in [0.1, 0.15) is 0 Å². The number of anilines is 1. The molecule has 22 heavy (non-hydrogen) atoms. The van der Waals surface area contributed by atoms with Crippen LogP contribution in [-0.4, -0.2) is 10.2 Å². The van der Waals surface area contributed by atoms with E-state index in [4.69, 9.17) is 23.8 Å². The molecule has 0 spiro atoms. The number of amides is 1. The van der Waals surface area contributed by atoms with E-state index in [-0.39, 0.29) is 5.91 Å². The molecule has 0 aliphatic carbocycles. The molecule has 1 heterocycles. The second-order valence-electron chi connectivity index (χ2n) is 4.52. The fraction of sp³-hybridized carbons (Fsp3) is 0. The van der Waals surface area contributed by atoms with E-state index in [1.807, 2.05) is 42.5 Å². The first-order chi connectivity index (χ1) is 10.6. The van der Waals surface area contributed by atoms with Crippen molar-refractivity contribution in [2.75, 3.05) is 4.90 Å². The average molecular weight is 411 g/mol. The monoisotopic (exact) mass is 409 g/mol. The van der Waals surface area contributed by atoms with Crippen LogP contribution >= 0.6 is 51.5 Å². The number of para-hydroxylation sites is 1. The lowest BCUT2D eigenvalue weighted by atomic mass is 10.2. The summed E-state index contributed by atoms with van der Waals surface area (Å²) in [6.45, 7) is 0. The molecule has 1 saturated heterocycles. The number of carbonyl (C=O) groups is 1. The van der Waals surface area contributed by atoms with Crippen LogP contribution in [0.2, 0.25) is 5.02 Å². The molecule has 0 radical (unpaired) electrons. The third-order valence-electron chi connectivity index (χ3n) is 3.05. The van der Waals surface area contributed by atoms with E-state index in [1.54, 1.807) is 12.1 Å². The minimum absolute atomic E-state index is 0.147. The number of thioether (sulfide) groups is 1. The average Bonchev–Trinajstić information content (AvgIpc) is 2.77. The smallest absolute Gasteiger partial charge is 0.268 e. The van der Waals surface area contributed by atoms with Gasteiger partial charge in [0, 0.05) is 4.47 Å². The molecule has 2 aromatic carbocycles. The van der Waals surface area contributed by atoms with E-state index < -0.39 is 0 Å². The van der Waals surface area contributed by atoms with Gasteiger partial charge in [-0.25, -0.2) is 0 Å². The summed E-state index contributed by atoms with van der Waals surface area (Å²) >= 11 is 16.2. The fourth-order valence-corrected chi connectivity index (χ4v) is 3.79. The van der Waals surface area contributed by atoms with Gasteiger partial charge in [0.05, 0.1) is 15.6 Å². The maximum absolute atomic E-state index is 12.6. The Bertz CT molecular complexity index is 789. The number of thiocarbonyl (C=S) groups is 1. The standard InChI is InChI=1S/C16H9BrClNOS2/c17-11-7-5-10(6-8-11)9-14-15(20)19(16(21)22-14)13-4-2-1-3-12(13)18/h1-9H/b14-9+. The van der Waals surface area contributed by atoms with Gasteiger partial charge in [-0.2, -0.15) is 0 Å². The van der Waals surface area contributed by atoms with Crippen LogP contribution < -0.4 is 4.90 Å². The van der Waals surface area contributed by atoms with Gasteiger partial charge in [-0.15, -0.1) is 0 Å². The van der Waals surface area contributed by atoms with E-state index in [0.717, 1.165) is 10.0 Å². The Morgan fingerprint density at radius 3 is 2.50 bits per heavy atom. The number of nitrogens with zero attached hydrogens (tertiary/aromatic N) is 1. The topological polar surface area (TPSA) is 20.3 Å². The second-order valence-corrected chi connectivity index (χ2v) is 7.52. The van der Waals surface area contributed by atoms with Crippen molar-refractivity contribution >= 4 is 73.5 Å². The van der Waals surface area contributed by atoms with E-state index in [2.05, 4.69) is 15.9 Å². The Hall–Kier alpha value is -1.14. The van der Waals surface area contributed by atoms with Gasteiger partial charge in [0.15, 0.2) is 4.32 Å². The molecule has 0 unspecified atom stereocenters.